The van der Waals surface area contributed by atoms with Gasteiger partial charge in [-0.15, -0.1) is 0 Å². The zero-order chi connectivity index (χ0) is 11.0. The van der Waals surface area contributed by atoms with Gasteiger partial charge in [0.15, 0.2) is 5.82 Å². The van der Waals surface area contributed by atoms with E-state index < -0.39 is 0 Å². The molecule has 0 aromatic carbocycles. The third-order valence-corrected chi connectivity index (χ3v) is 2.82. The fourth-order valence-electron chi connectivity index (χ4n) is 1.94. The lowest BCUT2D eigenvalue weighted by Crippen LogP contribution is -2.13. The van der Waals surface area contributed by atoms with Crippen LogP contribution in [-0.2, 0) is 7.05 Å². The molecule has 6 nitrogen and oxygen atoms in total. The number of hydrogen-bond acceptors (Lipinski definition) is 5. The van der Waals surface area contributed by atoms with Gasteiger partial charge in [0, 0.05) is 19.4 Å². The maximum absolute atomic E-state index is 5.25. The molecule has 16 heavy (non-hydrogen) atoms. The molecule has 84 valence electrons. The smallest absolute Gasteiger partial charge is 0.244 e. The van der Waals surface area contributed by atoms with Gasteiger partial charge >= 0.3 is 0 Å². The van der Waals surface area contributed by atoms with Crippen molar-refractivity contribution in [2.75, 3.05) is 6.54 Å². The Morgan fingerprint density at radius 2 is 2.50 bits per heavy atom. The molecule has 2 aromatic heterocycles. The Balaban J connectivity index is 1.90. The normalized spacial score (nSPS) is 20.4. The summed E-state index contributed by atoms with van der Waals surface area (Å²) in [4.78, 5) is 8.56. The van der Waals surface area contributed by atoms with E-state index in [1.165, 1.54) is 0 Å². The van der Waals surface area contributed by atoms with Crippen LogP contribution in [0.15, 0.2) is 16.9 Å². The summed E-state index contributed by atoms with van der Waals surface area (Å²) in [6, 6.07) is 0.210. The first-order valence-electron chi connectivity index (χ1n) is 5.39. The topological polar surface area (TPSA) is 68.8 Å². The van der Waals surface area contributed by atoms with Crippen LogP contribution < -0.4 is 5.32 Å². The molecule has 2 aromatic rings. The first-order valence-corrected chi connectivity index (χ1v) is 5.39. The van der Waals surface area contributed by atoms with Crippen LogP contribution in [0.3, 0.4) is 0 Å². The highest BCUT2D eigenvalue weighted by molar-refractivity contribution is 5.42. The zero-order valence-corrected chi connectivity index (χ0v) is 9.05. The Bertz CT molecular complexity index is 483. The van der Waals surface area contributed by atoms with Crippen molar-refractivity contribution in [3.8, 4) is 11.6 Å². The summed E-state index contributed by atoms with van der Waals surface area (Å²) in [7, 11) is 1.91. The van der Waals surface area contributed by atoms with E-state index in [2.05, 4.69) is 20.4 Å². The molecule has 0 saturated carbocycles. The Morgan fingerprint density at radius 3 is 3.19 bits per heavy atom. The second-order valence-electron chi connectivity index (χ2n) is 3.97. The van der Waals surface area contributed by atoms with Crippen LogP contribution in [0.5, 0.6) is 0 Å². The van der Waals surface area contributed by atoms with Crippen LogP contribution in [-0.4, -0.2) is 26.2 Å². The minimum atomic E-state index is 0.210. The number of rotatable bonds is 2. The molecular weight excluding hydrogens is 206 g/mol. The van der Waals surface area contributed by atoms with Crippen molar-refractivity contribution in [3.05, 3.63) is 18.3 Å². The number of aryl methyl sites for hydroxylation is 1. The number of nitrogens with zero attached hydrogens (tertiary/aromatic N) is 4. The molecule has 1 fully saturated rings. The average Bonchev–Trinajstić information content (AvgIpc) is 2.96. The average molecular weight is 219 g/mol. The highest BCUT2D eigenvalue weighted by Gasteiger charge is 2.23. The van der Waals surface area contributed by atoms with Crippen LogP contribution in [0.25, 0.3) is 11.6 Å². The molecule has 0 radical (unpaired) electrons. The Morgan fingerprint density at radius 1 is 1.56 bits per heavy atom. The van der Waals surface area contributed by atoms with Crippen molar-refractivity contribution in [1.29, 1.82) is 0 Å². The highest BCUT2D eigenvalue weighted by atomic mass is 16.5. The Hall–Kier alpha value is -1.69. The summed E-state index contributed by atoms with van der Waals surface area (Å²) in [5, 5.41) is 7.28. The predicted molar refractivity (Wildman–Crippen MR) is 56.5 cm³/mol. The second kappa shape index (κ2) is 3.71. The van der Waals surface area contributed by atoms with Gasteiger partial charge < -0.3 is 14.4 Å². The first kappa shape index (κ1) is 9.53. The predicted octanol–water partition coefficient (Wildman–Crippen LogP) is 0.895. The largest absolute Gasteiger partial charge is 0.337 e. The van der Waals surface area contributed by atoms with Gasteiger partial charge in [0.1, 0.15) is 0 Å². The molecule has 0 amide bonds. The van der Waals surface area contributed by atoms with Gasteiger partial charge in [-0.25, -0.2) is 4.98 Å². The molecule has 3 heterocycles. The van der Waals surface area contributed by atoms with E-state index in [9.17, 15) is 0 Å². The lowest BCUT2D eigenvalue weighted by molar-refractivity contribution is 0.344. The SMILES string of the molecule is Cn1ccnc1-c1noc([C@@H]2CCCN2)n1. The summed E-state index contributed by atoms with van der Waals surface area (Å²) in [6.45, 7) is 1.02. The number of aromatic nitrogens is 4. The van der Waals surface area contributed by atoms with Gasteiger partial charge in [0.05, 0.1) is 6.04 Å². The number of imidazole rings is 1. The molecule has 1 aliphatic heterocycles. The van der Waals surface area contributed by atoms with Gasteiger partial charge in [0.25, 0.3) is 0 Å². The Kier molecular flexibility index (Phi) is 2.21. The summed E-state index contributed by atoms with van der Waals surface area (Å²) in [5.74, 6) is 1.94. The van der Waals surface area contributed by atoms with E-state index in [-0.39, 0.29) is 6.04 Å². The van der Waals surface area contributed by atoms with Gasteiger partial charge in [-0.3, -0.25) is 0 Å². The molecule has 1 N–H and O–H groups in total. The van der Waals surface area contributed by atoms with Gasteiger partial charge in [-0.1, -0.05) is 5.16 Å². The van der Waals surface area contributed by atoms with Crippen LogP contribution in [0.4, 0.5) is 0 Å². The molecule has 6 heteroatoms. The van der Waals surface area contributed by atoms with E-state index in [1.807, 2.05) is 17.8 Å². The molecule has 3 rings (SSSR count). The lowest BCUT2D eigenvalue weighted by Gasteiger charge is -2.01. The van der Waals surface area contributed by atoms with Gasteiger partial charge in [-0.05, 0) is 19.4 Å². The summed E-state index contributed by atoms with van der Waals surface area (Å²) < 4.78 is 7.12. The summed E-state index contributed by atoms with van der Waals surface area (Å²) >= 11 is 0. The van der Waals surface area contributed by atoms with Crippen molar-refractivity contribution in [2.45, 2.75) is 18.9 Å². The molecule has 1 saturated heterocycles. The lowest BCUT2D eigenvalue weighted by atomic mass is 10.2. The van der Waals surface area contributed by atoms with Crippen molar-refractivity contribution in [3.63, 3.8) is 0 Å². The van der Waals surface area contributed by atoms with Crippen molar-refractivity contribution in [1.82, 2.24) is 25.0 Å². The fraction of sp³-hybridized carbons (Fsp3) is 0.500. The Labute approximate surface area is 92.7 Å². The maximum Gasteiger partial charge on any atom is 0.244 e. The third-order valence-electron chi connectivity index (χ3n) is 2.82. The summed E-state index contributed by atoms with van der Waals surface area (Å²) in [5.41, 5.74) is 0. The van der Waals surface area contributed by atoms with Crippen LogP contribution >= 0.6 is 0 Å². The van der Waals surface area contributed by atoms with E-state index in [0.717, 1.165) is 25.2 Å². The number of hydrogen-bond donors (Lipinski definition) is 1. The van der Waals surface area contributed by atoms with E-state index in [1.54, 1.807) is 6.20 Å². The summed E-state index contributed by atoms with van der Waals surface area (Å²) in [6.07, 6.45) is 5.80. The first-order chi connectivity index (χ1) is 7.84. The maximum atomic E-state index is 5.25. The van der Waals surface area contributed by atoms with Gasteiger partial charge in [-0.2, -0.15) is 4.98 Å². The third kappa shape index (κ3) is 1.51. The molecule has 0 bridgehead atoms. The molecule has 1 atom stereocenters. The van der Waals surface area contributed by atoms with Crippen LogP contribution in [0.1, 0.15) is 24.8 Å². The highest BCUT2D eigenvalue weighted by Crippen LogP contribution is 2.23. The molecule has 0 unspecified atom stereocenters. The van der Waals surface area contributed by atoms with E-state index >= 15 is 0 Å². The number of nitrogens with one attached hydrogen (secondary N) is 1. The fourth-order valence-corrected chi connectivity index (χ4v) is 1.94. The van der Waals surface area contributed by atoms with Crippen LogP contribution in [0.2, 0.25) is 0 Å². The van der Waals surface area contributed by atoms with Crippen molar-refractivity contribution in [2.24, 2.45) is 7.05 Å². The van der Waals surface area contributed by atoms with E-state index in [0.29, 0.717) is 11.7 Å². The standard InChI is InChI=1S/C10H13N5O/c1-15-6-5-12-9(15)8-13-10(16-14-8)7-3-2-4-11-7/h5-7,11H,2-4H2,1H3/t7-/m0/s1. The minimum Gasteiger partial charge on any atom is -0.337 e. The minimum absolute atomic E-state index is 0.210. The monoisotopic (exact) mass is 219 g/mol. The van der Waals surface area contributed by atoms with E-state index in [4.69, 9.17) is 4.52 Å². The van der Waals surface area contributed by atoms with Crippen LogP contribution in [0, 0.1) is 0 Å². The van der Waals surface area contributed by atoms with Gasteiger partial charge in [0.2, 0.25) is 11.7 Å². The zero-order valence-electron chi connectivity index (χ0n) is 9.05. The quantitative estimate of drug-likeness (QED) is 0.812. The molecule has 0 aliphatic carbocycles. The molecular formula is C10H13N5O. The molecule has 1 aliphatic rings. The van der Waals surface area contributed by atoms with Crippen molar-refractivity contribution < 1.29 is 4.52 Å². The van der Waals surface area contributed by atoms with Crippen molar-refractivity contribution >= 4 is 0 Å². The molecule has 0 spiro atoms. The second-order valence-corrected chi connectivity index (χ2v) is 3.97.